The van der Waals surface area contributed by atoms with E-state index < -0.39 is 15.9 Å². The Morgan fingerprint density at radius 1 is 1.13 bits per heavy atom. The standard InChI is InChI=1S/C22H28N2O5S/c1-4-16-8-5-6-10-19(16)23-22(25)17-9-7-13-24(15-17)30(26,27)18-11-12-20(28-2)21(14-18)29-3/h5-6,8,10-12,14,17H,4,7,9,13,15H2,1-3H3,(H,23,25)/t17-/m0/s1. The Morgan fingerprint density at radius 3 is 2.57 bits per heavy atom. The lowest BCUT2D eigenvalue weighted by Gasteiger charge is -2.31. The summed E-state index contributed by atoms with van der Waals surface area (Å²) in [5.41, 5.74) is 1.83. The Kier molecular flexibility index (Phi) is 6.99. The molecule has 2 aromatic rings. The third-order valence-corrected chi connectivity index (χ3v) is 7.26. The Bertz CT molecular complexity index is 1010. The third kappa shape index (κ3) is 4.60. The van der Waals surface area contributed by atoms with Gasteiger partial charge in [0.25, 0.3) is 0 Å². The number of carbonyl (C=O) groups is 1. The van der Waals surface area contributed by atoms with Crippen LogP contribution in [0.2, 0.25) is 0 Å². The van der Waals surface area contributed by atoms with Gasteiger partial charge in [-0.15, -0.1) is 0 Å². The summed E-state index contributed by atoms with van der Waals surface area (Å²) in [6.07, 6.45) is 2.08. The van der Waals surface area contributed by atoms with Crippen LogP contribution in [0.5, 0.6) is 11.5 Å². The number of nitrogens with zero attached hydrogens (tertiary/aromatic N) is 1. The normalized spacial score (nSPS) is 17.4. The molecule has 0 bridgehead atoms. The molecule has 0 aromatic heterocycles. The monoisotopic (exact) mass is 432 g/mol. The highest BCUT2D eigenvalue weighted by Crippen LogP contribution is 2.32. The summed E-state index contributed by atoms with van der Waals surface area (Å²) < 4.78 is 38.2. The summed E-state index contributed by atoms with van der Waals surface area (Å²) in [5, 5.41) is 2.98. The SMILES string of the molecule is CCc1ccccc1NC(=O)[C@H]1CCCN(S(=O)(=O)c2ccc(OC)c(OC)c2)C1. The van der Waals surface area contributed by atoms with E-state index >= 15 is 0 Å². The molecule has 0 aliphatic carbocycles. The van der Waals surface area contributed by atoms with Crippen LogP contribution in [0.25, 0.3) is 0 Å². The minimum atomic E-state index is -3.75. The van der Waals surface area contributed by atoms with Crippen molar-refractivity contribution in [3.05, 3.63) is 48.0 Å². The Morgan fingerprint density at radius 2 is 1.87 bits per heavy atom. The smallest absolute Gasteiger partial charge is 0.243 e. The van der Waals surface area contributed by atoms with E-state index in [2.05, 4.69) is 5.32 Å². The zero-order valence-corrected chi connectivity index (χ0v) is 18.4. The lowest BCUT2D eigenvalue weighted by Crippen LogP contribution is -2.43. The van der Waals surface area contributed by atoms with Crippen molar-refractivity contribution in [2.45, 2.75) is 31.1 Å². The van der Waals surface area contributed by atoms with Gasteiger partial charge in [-0.25, -0.2) is 8.42 Å². The quantitative estimate of drug-likeness (QED) is 0.726. The van der Waals surface area contributed by atoms with Gasteiger partial charge in [-0.2, -0.15) is 4.31 Å². The van der Waals surface area contributed by atoms with Crippen LogP contribution in [0.15, 0.2) is 47.4 Å². The molecule has 1 saturated heterocycles. The second-order valence-corrected chi connectivity index (χ2v) is 9.16. The number of hydrogen-bond acceptors (Lipinski definition) is 5. The van der Waals surface area contributed by atoms with Gasteiger partial charge < -0.3 is 14.8 Å². The molecular weight excluding hydrogens is 404 g/mol. The fourth-order valence-corrected chi connectivity index (χ4v) is 5.23. The lowest BCUT2D eigenvalue weighted by molar-refractivity contribution is -0.120. The molecule has 3 rings (SSSR count). The van der Waals surface area contributed by atoms with E-state index in [1.165, 1.54) is 30.7 Å². The number of rotatable bonds is 7. The van der Waals surface area contributed by atoms with Crippen molar-refractivity contribution in [3.8, 4) is 11.5 Å². The van der Waals surface area contributed by atoms with Gasteiger partial charge in [-0.05, 0) is 43.0 Å². The maximum absolute atomic E-state index is 13.2. The van der Waals surface area contributed by atoms with Crippen LogP contribution < -0.4 is 14.8 Å². The van der Waals surface area contributed by atoms with Crippen molar-refractivity contribution in [3.63, 3.8) is 0 Å². The highest BCUT2D eigenvalue weighted by molar-refractivity contribution is 7.89. The van der Waals surface area contributed by atoms with Crippen LogP contribution in [0.1, 0.15) is 25.3 Å². The summed E-state index contributed by atoms with van der Waals surface area (Å²) in [5.74, 6) is 0.254. The summed E-state index contributed by atoms with van der Waals surface area (Å²) in [6.45, 7) is 2.56. The molecule has 162 valence electrons. The second kappa shape index (κ2) is 9.49. The minimum absolute atomic E-state index is 0.123. The molecule has 0 radical (unpaired) electrons. The van der Waals surface area contributed by atoms with Gasteiger partial charge in [0.2, 0.25) is 15.9 Å². The van der Waals surface area contributed by atoms with Gasteiger partial charge >= 0.3 is 0 Å². The number of carbonyl (C=O) groups excluding carboxylic acids is 1. The number of anilines is 1. The molecule has 1 N–H and O–H groups in total. The van der Waals surface area contributed by atoms with Crippen LogP contribution in [-0.2, 0) is 21.2 Å². The first-order valence-electron chi connectivity index (χ1n) is 10.0. The number of amides is 1. The summed E-state index contributed by atoms with van der Waals surface area (Å²) in [4.78, 5) is 13.0. The average molecular weight is 433 g/mol. The predicted molar refractivity (Wildman–Crippen MR) is 115 cm³/mol. The number of piperidine rings is 1. The van der Waals surface area contributed by atoms with E-state index in [0.29, 0.717) is 30.9 Å². The third-order valence-electron chi connectivity index (χ3n) is 5.40. The van der Waals surface area contributed by atoms with Crippen LogP contribution >= 0.6 is 0 Å². The first-order chi connectivity index (χ1) is 14.4. The number of ether oxygens (including phenoxy) is 2. The van der Waals surface area contributed by atoms with Crippen molar-refractivity contribution in [2.75, 3.05) is 32.6 Å². The van der Waals surface area contributed by atoms with Gasteiger partial charge in [0, 0.05) is 24.8 Å². The molecule has 1 amide bonds. The van der Waals surface area contributed by atoms with Crippen LogP contribution in [0.4, 0.5) is 5.69 Å². The molecule has 0 saturated carbocycles. The molecule has 1 aliphatic heterocycles. The van der Waals surface area contributed by atoms with Crippen molar-refractivity contribution < 1.29 is 22.7 Å². The van der Waals surface area contributed by atoms with Gasteiger partial charge in [-0.1, -0.05) is 25.1 Å². The van der Waals surface area contributed by atoms with E-state index in [1.807, 2.05) is 31.2 Å². The molecule has 1 heterocycles. The molecule has 2 aromatic carbocycles. The van der Waals surface area contributed by atoms with Crippen LogP contribution in [0, 0.1) is 5.92 Å². The van der Waals surface area contributed by atoms with Gasteiger partial charge in [0.1, 0.15) is 0 Å². The van der Waals surface area contributed by atoms with Gasteiger partial charge in [-0.3, -0.25) is 4.79 Å². The topological polar surface area (TPSA) is 84.9 Å². The number of sulfonamides is 1. The van der Waals surface area contributed by atoms with Gasteiger partial charge in [0.15, 0.2) is 11.5 Å². The zero-order valence-electron chi connectivity index (χ0n) is 17.6. The second-order valence-electron chi connectivity index (χ2n) is 7.22. The maximum atomic E-state index is 13.2. The van der Waals surface area contributed by atoms with E-state index in [0.717, 1.165) is 17.7 Å². The molecule has 7 nitrogen and oxygen atoms in total. The zero-order chi connectivity index (χ0) is 21.7. The number of hydrogen-bond donors (Lipinski definition) is 1. The first-order valence-corrected chi connectivity index (χ1v) is 11.5. The van der Waals surface area contributed by atoms with Crippen LogP contribution in [-0.4, -0.2) is 45.9 Å². The largest absolute Gasteiger partial charge is 0.493 e. The first kappa shape index (κ1) is 22.1. The molecular formula is C22H28N2O5S. The summed E-state index contributed by atoms with van der Waals surface area (Å²) in [7, 11) is -0.795. The lowest BCUT2D eigenvalue weighted by atomic mass is 9.98. The predicted octanol–water partition coefficient (Wildman–Crippen LogP) is 3.31. The van der Waals surface area contributed by atoms with Gasteiger partial charge in [0.05, 0.1) is 25.0 Å². The Balaban J connectivity index is 1.77. The Labute approximate surface area is 178 Å². The molecule has 8 heteroatoms. The maximum Gasteiger partial charge on any atom is 0.243 e. The van der Waals surface area contributed by atoms with E-state index in [4.69, 9.17) is 9.47 Å². The fourth-order valence-electron chi connectivity index (χ4n) is 3.69. The van der Waals surface area contributed by atoms with E-state index in [1.54, 1.807) is 6.07 Å². The van der Waals surface area contributed by atoms with Crippen LogP contribution in [0.3, 0.4) is 0 Å². The number of aryl methyl sites for hydroxylation is 1. The van der Waals surface area contributed by atoms with E-state index in [-0.39, 0.29) is 17.3 Å². The number of benzene rings is 2. The molecule has 30 heavy (non-hydrogen) atoms. The summed E-state index contributed by atoms with van der Waals surface area (Å²) >= 11 is 0. The molecule has 1 aliphatic rings. The Hall–Kier alpha value is -2.58. The van der Waals surface area contributed by atoms with Crippen molar-refractivity contribution in [2.24, 2.45) is 5.92 Å². The highest BCUT2D eigenvalue weighted by atomic mass is 32.2. The highest BCUT2D eigenvalue weighted by Gasteiger charge is 2.34. The fraction of sp³-hybridized carbons (Fsp3) is 0.409. The molecule has 1 fully saturated rings. The average Bonchev–Trinajstić information content (AvgIpc) is 2.78. The molecule has 0 spiro atoms. The number of para-hydroxylation sites is 1. The molecule has 0 unspecified atom stereocenters. The number of nitrogens with one attached hydrogen (secondary N) is 1. The summed E-state index contributed by atoms with van der Waals surface area (Å²) in [6, 6.07) is 12.2. The van der Waals surface area contributed by atoms with Crippen molar-refractivity contribution in [1.29, 1.82) is 0 Å². The van der Waals surface area contributed by atoms with Crippen molar-refractivity contribution in [1.82, 2.24) is 4.31 Å². The molecule has 1 atom stereocenters. The van der Waals surface area contributed by atoms with E-state index in [9.17, 15) is 13.2 Å². The van der Waals surface area contributed by atoms with Crippen molar-refractivity contribution >= 4 is 21.6 Å². The number of methoxy groups -OCH3 is 2. The minimum Gasteiger partial charge on any atom is -0.493 e.